The largest absolute Gasteiger partial charge is 0.525 e. The Bertz CT molecular complexity index is 435. The summed E-state index contributed by atoms with van der Waals surface area (Å²) in [6.45, 7) is 12.2. The molecule has 0 N–H and O–H groups in total. The quantitative estimate of drug-likeness (QED) is 0.527. The molecule has 0 spiro atoms. The zero-order valence-electron chi connectivity index (χ0n) is 14.3. The standard InChI is InChI=1S/C17H28BFO2/c1-12(2)11-13-7-9-14(10-8-13)15(19)18-20-16(3,4)17(5,6)21-18/h11-12H,7-10H2,1-6H3. The maximum absolute atomic E-state index is 14.7. The van der Waals surface area contributed by atoms with E-state index in [1.165, 1.54) is 5.57 Å². The molecule has 0 amide bonds. The minimum absolute atomic E-state index is 0.197. The van der Waals surface area contributed by atoms with Gasteiger partial charge in [-0.05, 0) is 64.9 Å². The van der Waals surface area contributed by atoms with Crippen molar-refractivity contribution in [3.05, 3.63) is 22.9 Å². The Morgan fingerprint density at radius 2 is 1.52 bits per heavy atom. The van der Waals surface area contributed by atoms with E-state index < -0.39 is 18.3 Å². The fourth-order valence-corrected chi connectivity index (χ4v) is 2.86. The van der Waals surface area contributed by atoms with Crippen LogP contribution in [-0.4, -0.2) is 18.3 Å². The molecule has 21 heavy (non-hydrogen) atoms. The van der Waals surface area contributed by atoms with Gasteiger partial charge < -0.3 is 9.31 Å². The summed E-state index contributed by atoms with van der Waals surface area (Å²) in [5, 5.41) is 0. The summed E-state index contributed by atoms with van der Waals surface area (Å²) in [5.41, 5.74) is 1.17. The van der Waals surface area contributed by atoms with Gasteiger partial charge in [0.2, 0.25) is 0 Å². The molecule has 2 rings (SSSR count). The highest BCUT2D eigenvalue weighted by atomic mass is 19.1. The number of halogens is 1. The van der Waals surface area contributed by atoms with Gasteiger partial charge in [-0.2, -0.15) is 0 Å². The smallest absolute Gasteiger partial charge is 0.398 e. The molecule has 2 fully saturated rings. The van der Waals surface area contributed by atoms with Crippen molar-refractivity contribution in [3.8, 4) is 0 Å². The molecule has 0 aromatic carbocycles. The molecule has 0 bridgehead atoms. The van der Waals surface area contributed by atoms with Gasteiger partial charge in [0.1, 0.15) is 5.73 Å². The normalized spacial score (nSPS) is 24.7. The van der Waals surface area contributed by atoms with Crippen molar-refractivity contribution < 1.29 is 13.7 Å². The third-order valence-electron chi connectivity index (χ3n) is 4.86. The number of allylic oxidation sites excluding steroid dienone is 3. The van der Waals surface area contributed by atoms with Crippen molar-refractivity contribution >= 4 is 7.12 Å². The lowest BCUT2D eigenvalue weighted by molar-refractivity contribution is 0.00578. The Kier molecular flexibility index (Phi) is 4.70. The predicted octanol–water partition coefficient (Wildman–Crippen LogP) is 5.00. The van der Waals surface area contributed by atoms with E-state index in [9.17, 15) is 4.39 Å². The van der Waals surface area contributed by atoms with Crippen LogP contribution in [0.4, 0.5) is 4.39 Å². The average molecular weight is 294 g/mol. The number of hydrogen-bond acceptors (Lipinski definition) is 2. The molecule has 2 nitrogen and oxygen atoms in total. The highest BCUT2D eigenvalue weighted by Crippen LogP contribution is 2.41. The molecule has 4 heteroatoms. The molecule has 0 atom stereocenters. The van der Waals surface area contributed by atoms with E-state index in [-0.39, 0.29) is 5.73 Å². The Morgan fingerprint density at radius 1 is 1.05 bits per heavy atom. The lowest BCUT2D eigenvalue weighted by atomic mass is 9.79. The van der Waals surface area contributed by atoms with Crippen molar-refractivity contribution in [1.29, 1.82) is 0 Å². The van der Waals surface area contributed by atoms with Crippen LogP contribution in [0.2, 0.25) is 0 Å². The Labute approximate surface area is 128 Å². The summed E-state index contributed by atoms with van der Waals surface area (Å²) >= 11 is 0. The molecule has 1 saturated carbocycles. The summed E-state index contributed by atoms with van der Waals surface area (Å²) in [7, 11) is -0.833. The maximum atomic E-state index is 14.7. The van der Waals surface area contributed by atoms with E-state index in [0.717, 1.165) is 31.3 Å². The van der Waals surface area contributed by atoms with Crippen LogP contribution >= 0.6 is 0 Å². The van der Waals surface area contributed by atoms with E-state index in [0.29, 0.717) is 5.92 Å². The zero-order chi connectivity index (χ0) is 15.8. The second kappa shape index (κ2) is 5.88. The topological polar surface area (TPSA) is 18.5 Å². The number of rotatable bonds is 2. The van der Waals surface area contributed by atoms with E-state index in [2.05, 4.69) is 19.9 Å². The summed E-state index contributed by atoms with van der Waals surface area (Å²) in [6.07, 6.45) is 5.80. The third kappa shape index (κ3) is 3.60. The monoisotopic (exact) mass is 294 g/mol. The minimum atomic E-state index is -0.833. The summed E-state index contributed by atoms with van der Waals surface area (Å²) in [5.74, 6) is 0.568. The van der Waals surface area contributed by atoms with Crippen LogP contribution in [0.1, 0.15) is 67.2 Å². The van der Waals surface area contributed by atoms with Crippen LogP contribution < -0.4 is 0 Å². The molecular formula is C17H28BFO2. The highest BCUT2D eigenvalue weighted by molar-refractivity contribution is 6.53. The molecule has 0 aromatic rings. The Morgan fingerprint density at radius 3 is 1.95 bits per heavy atom. The molecule has 1 heterocycles. The zero-order valence-corrected chi connectivity index (χ0v) is 14.3. The van der Waals surface area contributed by atoms with Gasteiger partial charge in [-0.15, -0.1) is 0 Å². The molecule has 0 unspecified atom stereocenters. The van der Waals surface area contributed by atoms with Crippen LogP contribution in [0, 0.1) is 5.92 Å². The summed E-state index contributed by atoms with van der Waals surface area (Å²) in [6, 6.07) is 0. The minimum Gasteiger partial charge on any atom is -0.398 e. The average Bonchev–Trinajstić information content (AvgIpc) is 2.58. The van der Waals surface area contributed by atoms with Gasteiger partial charge >= 0.3 is 7.12 Å². The Hall–Kier alpha value is -0.605. The van der Waals surface area contributed by atoms with Gasteiger partial charge in [-0.25, -0.2) is 4.39 Å². The summed E-state index contributed by atoms with van der Waals surface area (Å²) < 4.78 is 26.3. The highest BCUT2D eigenvalue weighted by Gasteiger charge is 2.53. The predicted molar refractivity (Wildman–Crippen MR) is 85.6 cm³/mol. The third-order valence-corrected chi connectivity index (χ3v) is 4.86. The first-order chi connectivity index (χ1) is 9.62. The lowest BCUT2D eigenvalue weighted by Gasteiger charge is -2.32. The van der Waals surface area contributed by atoms with Crippen LogP contribution in [0.25, 0.3) is 0 Å². The second-order valence-electron chi connectivity index (χ2n) is 7.61. The van der Waals surface area contributed by atoms with E-state index >= 15 is 0 Å². The second-order valence-corrected chi connectivity index (χ2v) is 7.61. The van der Waals surface area contributed by atoms with E-state index in [4.69, 9.17) is 9.31 Å². The molecule has 118 valence electrons. The van der Waals surface area contributed by atoms with Gasteiger partial charge in [0.05, 0.1) is 11.2 Å². The fraction of sp³-hybridized carbons (Fsp3) is 0.765. The SMILES string of the molecule is CC(C)C=C1CCC(=C(F)B2OC(C)(C)C(C)(C)O2)CC1. The van der Waals surface area contributed by atoms with Crippen molar-refractivity contribution in [2.75, 3.05) is 0 Å². The lowest BCUT2D eigenvalue weighted by Crippen LogP contribution is -2.41. The molecular weight excluding hydrogens is 266 g/mol. The fourth-order valence-electron chi connectivity index (χ4n) is 2.86. The van der Waals surface area contributed by atoms with E-state index in [1.54, 1.807) is 0 Å². The van der Waals surface area contributed by atoms with Gasteiger partial charge in [0.25, 0.3) is 0 Å². The molecule has 1 aliphatic carbocycles. The summed E-state index contributed by atoms with van der Waals surface area (Å²) in [4.78, 5) is 0. The van der Waals surface area contributed by atoms with Gasteiger partial charge in [0.15, 0.2) is 0 Å². The van der Waals surface area contributed by atoms with Crippen molar-refractivity contribution in [3.63, 3.8) is 0 Å². The molecule has 1 saturated heterocycles. The molecule has 0 aromatic heterocycles. The maximum Gasteiger partial charge on any atom is 0.525 e. The number of hydrogen-bond donors (Lipinski definition) is 0. The first-order valence-electron chi connectivity index (χ1n) is 8.05. The first kappa shape index (κ1) is 16.8. The van der Waals surface area contributed by atoms with Crippen molar-refractivity contribution in [1.82, 2.24) is 0 Å². The van der Waals surface area contributed by atoms with Gasteiger partial charge in [-0.1, -0.05) is 25.5 Å². The molecule has 1 aliphatic heterocycles. The first-order valence-corrected chi connectivity index (χ1v) is 8.05. The van der Waals surface area contributed by atoms with Crippen LogP contribution in [0.15, 0.2) is 22.9 Å². The van der Waals surface area contributed by atoms with Crippen LogP contribution in [-0.2, 0) is 9.31 Å². The van der Waals surface area contributed by atoms with Crippen molar-refractivity contribution in [2.45, 2.75) is 78.4 Å². The Balaban J connectivity index is 2.06. The van der Waals surface area contributed by atoms with E-state index in [1.807, 2.05) is 27.7 Å². The van der Waals surface area contributed by atoms with Crippen molar-refractivity contribution in [2.24, 2.45) is 5.92 Å². The van der Waals surface area contributed by atoms with Gasteiger partial charge in [-0.3, -0.25) is 0 Å². The van der Waals surface area contributed by atoms with Crippen LogP contribution in [0.3, 0.4) is 0 Å². The van der Waals surface area contributed by atoms with Gasteiger partial charge in [0, 0.05) is 0 Å². The molecule has 2 aliphatic rings. The van der Waals surface area contributed by atoms with Crippen LogP contribution in [0.5, 0.6) is 0 Å². The molecule has 0 radical (unpaired) electrons.